The molecule has 2 aliphatic heterocycles. The highest BCUT2D eigenvalue weighted by Gasteiger charge is 2.34. The van der Waals surface area contributed by atoms with E-state index in [1.165, 1.54) is 0 Å². The molecule has 0 aliphatic carbocycles. The van der Waals surface area contributed by atoms with Crippen molar-refractivity contribution < 1.29 is 14.4 Å². The maximum atomic E-state index is 13.6. The molecule has 2 aliphatic rings. The first-order valence-corrected chi connectivity index (χ1v) is 13.3. The molecule has 0 saturated carbocycles. The smallest absolute Gasteiger partial charge is 0.271 e. The number of hydrogen-bond acceptors (Lipinski definition) is 6. The highest BCUT2D eigenvalue weighted by molar-refractivity contribution is 5.92. The summed E-state index contributed by atoms with van der Waals surface area (Å²) < 4.78 is 1.80. The monoisotopic (exact) mass is 518 g/mol. The van der Waals surface area contributed by atoms with Crippen LogP contribution in [0.25, 0.3) is 0 Å². The van der Waals surface area contributed by atoms with Crippen LogP contribution >= 0.6 is 0 Å². The van der Waals surface area contributed by atoms with Gasteiger partial charge in [-0.25, -0.2) is 9.67 Å². The van der Waals surface area contributed by atoms with Gasteiger partial charge in [-0.3, -0.25) is 19.5 Å². The van der Waals surface area contributed by atoms with E-state index in [1.54, 1.807) is 26.7 Å². The number of fused-ring (bicyclic) bond motifs is 2. The number of hydrogen-bond donors (Lipinski definition) is 2. The molecule has 38 heavy (non-hydrogen) atoms. The van der Waals surface area contributed by atoms with Gasteiger partial charge in [0, 0.05) is 32.3 Å². The molecule has 0 unspecified atom stereocenters. The molecular formula is C27H34N8O3. The van der Waals surface area contributed by atoms with Crippen LogP contribution in [-0.2, 0) is 22.6 Å². The third-order valence-electron chi connectivity index (χ3n) is 7.26. The molecule has 11 heteroatoms. The largest absolute Gasteiger partial charge is 0.344 e. The van der Waals surface area contributed by atoms with E-state index in [2.05, 4.69) is 20.6 Å². The van der Waals surface area contributed by atoms with Crippen LogP contribution in [0.4, 0.5) is 0 Å². The van der Waals surface area contributed by atoms with Crippen LogP contribution in [0.2, 0.25) is 0 Å². The van der Waals surface area contributed by atoms with E-state index >= 15 is 0 Å². The second kappa shape index (κ2) is 11.6. The fourth-order valence-corrected chi connectivity index (χ4v) is 5.36. The van der Waals surface area contributed by atoms with Crippen molar-refractivity contribution in [1.29, 1.82) is 0 Å². The lowest BCUT2D eigenvalue weighted by Gasteiger charge is -2.36. The number of H-pyrrole nitrogens is 1. The second-order valence-corrected chi connectivity index (χ2v) is 9.96. The summed E-state index contributed by atoms with van der Waals surface area (Å²) >= 11 is 0. The SMILES string of the molecule is Cc1nc2n(n1)CCN(C(=O)c1ccn[nH]1)CCCC(=O)N1CCCC[C@H]1C(=O)N[C@@H]2Cc1ccccc1. The normalized spacial score (nSPS) is 21.3. The zero-order valence-corrected chi connectivity index (χ0v) is 21.7. The molecule has 0 spiro atoms. The fourth-order valence-electron chi connectivity index (χ4n) is 5.36. The number of aromatic nitrogens is 5. The van der Waals surface area contributed by atoms with Crippen molar-refractivity contribution in [1.82, 2.24) is 40.1 Å². The molecule has 1 saturated heterocycles. The third-order valence-corrected chi connectivity index (χ3v) is 7.26. The molecule has 5 rings (SSSR count). The summed E-state index contributed by atoms with van der Waals surface area (Å²) in [6, 6.07) is 10.6. The molecule has 0 radical (unpaired) electrons. The van der Waals surface area contributed by atoms with E-state index in [1.807, 2.05) is 37.3 Å². The van der Waals surface area contributed by atoms with Crippen LogP contribution in [0.3, 0.4) is 0 Å². The molecule has 1 fully saturated rings. The number of carbonyl (C=O) groups excluding carboxylic acids is 3. The van der Waals surface area contributed by atoms with Gasteiger partial charge >= 0.3 is 0 Å². The molecule has 2 aromatic heterocycles. The van der Waals surface area contributed by atoms with E-state index in [0.717, 1.165) is 18.4 Å². The van der Waals surface area contributed by atoms with E-state index < -0.39 is 12.1 Å². The Hall–Kier alpha value is -4.02. The van der Waals surface area contributed by atoms with Gasteiger partial charge in [-0.15, -0.1) is 0 Å². The average Bonchev–Trinajstić information content (AvgIpc) is 3.60. The third kappa shape index (κ3) is 5.76. The molecule has 3 amide bonds. The Balaban J connectivity index is 1.49. The van der Waals surface area contributed by atoms with Crippen LogP contribution in [-0.4, -0.2) is 78.2 Å². The number of amides is 3. The molecule has 11 nitrogen and oxygen atoms in total. The predicted octanol–water partition coefficient (Wildman–Crippen LogP) is 2.03. The zero-order valence-electron chi connectivity index (χ0n) is 21.7. The lowest BCUT2D eigenvalue weighted by atomic mass is 9.99. The van der Waals surface area contributed by atoms with Gasteiger partial charge < -0.3 is 15.1 Å². The van der Waals surface area contributed by atoms with Crippen LogP contribution in [0.1, 0.15) is 65.8 Å². The second-order valence-electron chi connectivity index (χ2n) is 9.96. The molecule has 0 bridgehead atoms. The van der Waals surface area contributed by atoms with Crippen LogP contribution in [0.15, 0.2) is 42.6 Å². The fraction of sp³-hybridized carbons (Fsp3) is 0.481. The highest BCUT2D eigenvalue weighted by atomic mass is 16.2. The summed E-state index contributed by atoms with van der Waals surface area (Å²) in [5, 5.41) is 14.5. The number of benzene rings is 1. The van der Waals surface area contributed by atoms with Crippen LogP contribution in [0.5, 0.6) is 0 Å². The van der Waals surface area contributed by atoms with Gasteiger partial charge in [0.15, 0.2) is 0 Å². The number of piperidine rings is 1. The first kappa shape index (κ1) is 25.6. The minimum absolute atomic E-state index is 0.0468. The Labute approximate surface area is 221 Å². The highest BCUT2D eigenvalue weighted by Crippen LogP contribution is 2.23. The average molecular weight is 519 g/mol. The van der Waals surface area contributed by atoms with E-state index in [4.69, 9.17) is 4.98 Å². The Kier molecular flexibility index (Phi) is 7.81. The predicted molar refractivity (Wildman–Crippen MR) is 139 cm³/mol. The maximum Gasteiger partial charge on any atom is 0.271 e. The number of aryl methyl sites for hydroxylation is 1. The van der Waals surface area contributed by atoms with Gasteiger partial charge in [0.2, 0.25) is 11.8 Å². The van der Waals surface area contributed by atoms with E-state index in [0.29, 0.717) is 62.8 Å². The minimum Gasteiger partial charge on any atom is -0.344 e. The maximum absolute atomic E-state index is 13.6. The van der Waals surface area contributed by atoms with Gasteiger partial charge in [-0.2, -0.15) is 10.2 Å². The Morgan fingerprint density at radius 1 is 1.03 bits per heavy atom. The van der Waals surface area contributed by atoms with E-state index in [9.17, 15) is 14.4 Å². The standard InChI is InChI=1S/C27H34N8O3/c1-19-29-25-22(18-20-8-3-2-4-9-20)30-26(37)23-10-5-6-15-34(23)24(36)11-7-14-33(16-17-35(25)32-19)27(38)21-12-13-28-31-21/h2-4,8-9,12-13,22-23H,5-7,10-11,14-18H2,1H3,(H,28,31)(H,30,37)/t22-,23+/m1/s1. The number of carbonyl (C=O) groups is 3. The Bertz CT molecular complexity index is 1260. The van der Waals surface area contributed by atoms with Crippen molar-refractivity contribution >= 4 is 17.7 Å². The van der Waals surface area contributed by atoms with Crippen molar-refractivity contribution in [3.05, 3.63) is 65.5 Å². The number of nitrogens with one attached hydrogen (secondary N) is 2. The Morgan fingerprint density at radius 3 is 2.66 bits per heavy atom. The van der Waals surface area contributed by atoms with E-state index in [-0.39, 0.29) is 24.1 Å². The number of aromatic amines is 1. The molecule has 2 atom stereocenters. The van der Waals surface area contributed by atoms with Crippen molar-refractivity contribution in [3.63, 3.8) is 0 Å². The van der Waals surface area contributed by atoms with Gasteiger partial charge in [0.1, 0.15) is 23.4 Å². The summed E-state index contributed by atoms with van der Waals surface area (Å²) in [4.78, 5) is 48.3. The van der Waals surface area contributed by atoms with Crippen molar-refractivity contribution in [2.24, 2.45) is 0 Å². The van der Waals surface area contributed by atoms with Crippen LogP contribution in [0, 0.1) is 6.92 Å². The number of nitrogens with zero attached hydrogens (tertiary/aromatic N) is 6. The zero-order chi connectivity index (χ0) is 26.5. The van der Waals surface area contributed by atoms with Crippen LogP contribution < -0.4 is 5.32 Å². The molecule has 4 heterocycles. The first-order chi connectivity index (χ1) is 18.5. The van der Waals surface area contributed by atoms with Gasteiger partial charge in [-0.1, -0.05) is 30.3 Å². The quantitative estimate of drug-likeness (QED) is 0.546. The van der Waals surface area contributed by atoms with Crippen molar-refractivity contribution in [2.45, 2.75) is 64.1 Å². The molecule has 3 aromatic rings. The molecule has 1 aromatic carbocycles. The Morgan fingerprint density at radius 2 is 1.87 bits per heavy atom. The summed E-state index contributed by atoms with van der Waals surface area (Å²) in [6.07, 6.45) is 5.26. The minimum atomic E-state index is -0.516. The molecular weight excluding hydrogens is 484 g/mol. The summed E-state index contributed by atoms with van der Waals surface area (Å²) in [7, 11) is 0. The lowest BCUT2D eigenvalue weighted by Crippen LogP contribution is -2.53. The van der Waals surface area contributed by atoms with Gasteiger partial charge in [0.25, 0.3) is 5.91 Å². The first-order valence-electron chi connectivity index (χ1n) is 13.3. The van der Waals surface area contributed by atoms with Crippen molar-refractivity contribution in [3.8, 4) is 0 Å². The molecule has 200 valence electrons. The topological polar surface area (TPSA) is 129 Å². The number of rotatable bonds is 3. The lowest BCUT2D eigenvalue weighted by molar-refractivity contribution is -0.142. The summed E-state index contributed by atoms with van der Waals surface area (Å²) in [5.74, 6) is 0.858. The molecule has 2 N–H and O–H groups in total. The van der Waals surface area contributed by atoms with Gasteiger partial charge in [-0.05, 0) is 50.7 Å². The summed E-state index contributed by atoms with van der Waals surface area (Å²) in [5.41, 5.74) is 1.46. The van der Waals surface area contributed by atoms with Gasteiger partial charge in [0.05, 0.1) is 12.6 Å². The van der Waals surface area contributed by atoms with Crippen molar-refractivity contribution in [2.75, 3.05) is 19.6 Å². The summed E-state index contributed by atoms with van der Waals surface area (Å²) in [6.45, 7) is 3.57.